The standard InChI is InChI=1S/C16H27N3O2/c1-10-8-12(17)3-4-13(10)16(21)19-7-6-14-11(9-19)2-5-15(20)18-14/h10-14H,2-9,17H2,1H3,(H,18,20). The van der Waals surface area contributed by atoms with E-state index in [4.69, 9.17) is 5.73 Å². The van der Waals surface area contributed by atoms with E-state index < -0.39 is 0 Å². The normalized spacial score (nSPS) is 40.4. The van der Waals surface area contributed by atoms with Crippen LogP contribution in [0.25, 0.3) is 0 Å². The first-order valence-corrected chi connectivity index (χ1v) is 8.38. The molecular weight excluding hydrogens is 266 g/mol. The van der Waals surface area contributed by atoms with Gasteiger partial charge in [-0.2, -0.15) is 0 Å². The summed E-state index contributed by atoms with van der Waals surface area (Å²) in [7, 11) is 0. The summed E-state index contributed by atoms with van der Waals surface area (Å²) in [5.41, 5.74) is 6.00. The van der Waals surface area contributed by atoms with Crippen LogP contribution in [0.15, 0.2) is 0 Å². The second-order valence-electron chi connectivity index (χ2n) is 7.20. The lowest BCUT2D eigenvalue weighted by molar-refractivity contribution is -0.141. The number of fused-ring (bicyclic) bond motifs is 1. The van der Waals surface area contributed by atoms with E-state index in [0.717, 1.165) is 45.2 Å². The van der Waals surface area contributed by atoms with Crippen LogP contribution < -0.4 is 11.1 Å². The highest BCUT2D eigenvalue weighted by Gasteiger charge is 2.39. The zero-order valence-electron chi connectivity index (χ0n) is 12.9. The molecule has 2 saturated heterocycles. The van der Waals surface area contributed by atoms with Gasteiger partial charge in [0.05, 0.1) is 0 Å². The zero-order valence-corrected chi connectivity index (χ0v) is 12.9. The van der Waals surface area contributed by atoms with Crippen molar-refractivity contribution in [1.82, 2.24) is 10.2 Å². The molecule has 0 bridgehead atoms. The van der Waals surface area contributed by atoms with Crippen molar-refractivity contribution in [3.8, 4) is 0 Å². The molecule has 3 aliphatic rings. The average molecular weight is 293 g/mol. The first kappa shape index (κ1) is 14.8. The van der Waals surface area contributed by atoms with Gasteiger partial charge in [-0.15, -0.1) is 0 Å². The van der Waals surface area contributed by atoms with Gasteiger partial charge in [0.15, 0.2) is 0 Å². The predicted molar refractivity (Wildman–Crippen MR) is 80.3 cm³/mol. The van der Waals surface area contributed by atoms with Gasteiger partial charge in [-0.1, -0.05) is 6.92 Å². The van der Waals surface area contributed by atoms with Crippen molar-refractivity contribution in [3.05, 3.63) is 0 Å². The van der Waals surface area contributed by atoms with Crippen molar-refractivity contribution in [2.45, 2.75) is 57.5 Å². The molecule has 1 saturated carbocycles. The fraction of sp³-hybridized carbons (Fsp3) is 0.875. The molecular formula is C16H27N3O2. The molecule has 5 heteroatoms. The van der Waals surface area contributed by atoms with E-state index in [9.17, 15) is 9.59 Å². The predicted octanol–water partition coefficient (Wildman–Crippen LogP) is 0.877. The van der Waals surface area contributed by atoms with Gasteiger partial charge in [-0.3, -0.25) is 9.59 Å². The molecule has 0 spiro atoms. The highest BCUT2D eigenvalue weighted by Crippen LogP contribution is 2.33. The second kappa shape index (κ2) is 5.95. The summed E-state index contributed by atoms with van der Waals surface area (Å²) in [6.45, 7) is 3.77. The first-order valence-electron chi connectivity index (χ1n) is 8.38. The molecule has 0 radical (unpaired) electrons. The van der Waals surface area contributed by atoms with Gasteiger partial charge in [0.25, 0.3) is 0 Å². The first-order chi connectivity index (χ1) is 10.0. The minimum Gasteiger partial charge on any atom is -0.353 e. The molecule has 5 atom stereocenters. The molecule has 21 heavy (non-hydrogen) atoms. The van der Waals surface area contributed by atoms with Crippen LogP contribution in [0.2, 0.25) is 0 Å². The van der Waals surface area contributed by atoms with Crippen molar-refractivity contribution < 1.29 is 9.59 Å². The number of nitrogens with zero attached hydrogens (tertiary/aromatic N) is 1. The maximum atomic E-state index is 12.8. The van der Waals surface area contributed by atoms with Crippen LogP contribution in [0.3, 0.4) is 0 Å². The van der Waals surface area contributed by atoms with Crippen molar-refractivity contribution in [3.63, 3.8) is 0 Å². The smallest absolute Gasteiger partial charge is 0.225 e. The van der Waals surface area contributed by atoms with E-state index in [1.807, 2.05) is 0 Å². The SMILES string of the molecule is CC1CC(N)CCC1C(=O)N1CCC2NC(=O)CCC2C1. The van der Waals surface area contributed by atoms with Crippen molar-refractivity contribution in [2.24, 2.45) is 23.5 Å². The molecule has 2 amide bonds. The summed E-state index contributed by atoms with van der Waals surface area (Å²) in [6.07, 6.45) is 5.30. The highest BCUT2D eigenvalue weighted by atomic mass is 16.2. The Bertz CT molecular complexity index is 426. The fourth-order valence-corrected chi connectivity index (χ4v) is 4.35. The van der Waals surface area contributed by atoms with Gasteiger partial charge in [0.2, 0.25) is 11.8 Å². The molecule has 2 heterocycles. The molecule has 0 aromatic carbocycles. The van der Waals surface area contributed by atoms with Gasteiger partial charge in [-0.25, -0.2) is 0 Å². The number of amides is 2. The maximum Gasteiger partial charge on any atom is 0.225 e. The van der Waals surface area contributed by atoms with E-state index in [1.54, 1.807) is 0 Å². The Labute approximate surface area is 126 Å². The molecule has 3 N–H and O–H groups in total. The molecule has 3 rings (SSSR count). The molecule has 1 aliphatic carbocycles. The van der Waals surface area contributed by atoms with E-state index in [-0.39, 0.29) is 23.9 Å². The van der Waals surface area contributed by atoms with E-state index >= 15 is 0 Å². The summed E-state index contributed by atoms with van der Waals surface area (Å²) >= 11 is 0. The van der Waals surface area contributed by atoms with E-state index in [1.165, 1.54) is 0 Å². The molecule has 0 aromatic rings. The van der Waals surface area contributed by atoms with Gasteiger partial charge in [0.1, 0.15) is 0 Å². The lowest BCUT2D eigenvalue weighted by atomic mass is 9.76. The third-order valence-electron chi connectivity index (χ3n) is 5.66. The minimum absolute atomic E-state index is 0.152. The molecule has 2 aliphatic heterocycles. The number of piperidine rings is 2. The minimum atomic E-state index is 0.152. The van der Waals surface area contributed by atoms with E-state index in [0.29, 0.717) is 24.2 Å². The van der Waals surface area contributed by atoms with Crippen LogP contribution in [0.1, 0.15) is 45.4 Å². The Balaban J connectivity index is 1.60. The Morgan fingerprint density at radius 1 is 1.29 bits per heavy atom. The van der Waals surface area contributed by atoms with Gasteiger partial charge < -0.3 is 16.0 Å². The van der Waals surface area contributed by atoms with Crippen LogP contribution in [-0.4, -0.2) is 41.9 Å². The van der Waals surface area contributed by atoms with Crippen molar-refractivity contribution in [1.29, 1.82) is 0 Å². The number of carbonyl (C=O) groups excluding carboxylic acids is 2. The molecule has 5 nitrogen and oxygen atoms in total. The monoisotopic (exact) mass is 293 g/mol. The van der Waals surface area contributed by atoms with Gasteiger partial charge in [-0.05, 0) is 43.9 Å². The van der Waals surface area contributed by atoms with Crippen molar-refractivity contribution in [2.75, 3.05) is 13.1 Å². The molecule has 5 unspecified atom stereocenters. The number of rotatable bonds is 1. The number of nitrogens with two attached hydrogens (primary N) is 1. The van der Waals surface area contributed by atoms with Crippen LogP contribution in [-0.2, 0) is 9.59 Å². The van der Waals surface area contributed by atoms with Crippen LogP contribution in [0, 0.1) is 17.8 Å². The van der Waals surface area contributed by atoms with E-state index in [2.05, 4.69) is 17.1 Å². The van der Waals surface area contributed by atoms with Crippen LogP contribution in [0.5, 0.6) is 0 Å². The zero-order chi connectivity index (χ0) is 15.0. The fourth-order valence-electron chi connectivity index (χ4n) is 4.35. The number of carbonyl (C=O) groups is 2. The molecule has 0 aromatic heterocycles. The molecule has 3 fully saturated rings. The third kappa shape index (κ3) is 3.07. The van der Waals surface area contributed by atoms with Gasteiger partial charge >= 0.3 is 0 Å². The largest absolute Gasteiger partial charge is 0.353 e. The summed E-state index contributed by atoms with van der Waals surface area (Å²) < 4.78 is 0. The summed E-state index contributed by atoms with van der Waals surface area (Å²) in [5, 5.41) is 3.08. The maximum absolute atomic E-state index is 12.8. The van der Waals surface area contributed by atoms with Crippen LogP contribution >= 0.6 is 0 Å². The number of hydrogen-bond acceptors (Lipinski definition) is 3. The lowest BCUT2D eigenvalue weighted by Crippen LogP contribution is -2.56. The number of hydrogen-bond donors (Lipinski definition) is 2. The quantitative estimate of drug-likeness (QED) is 0.753. The highest BCUT2D eigenvalue weighted by molar-refractivity contribution is 5.80. The van der Waals surface area contributed by atoms with Crippen molar-refractivity contribution >= 4 is 11.8 Å². The average Bonchev–Trinajstić information content (AvgIpc) is 2.46. The summed E-state index contributed by atoms with van der Waals surface area (Å²) in [4.78, 5) is 26.3. The topological polar surface area (TPSA) is 75.4 Å². The Kier molecular flexibility index (Phi) is 4.20. The Morgan fingerprint density at radius 3 is 2.86 bits per heavy atom. The lowest BCUT2D eigenvalue weighted by Gasteiger charge is -2.43. The molecule has 118 valence electrons. The Morgan fingerprint density at radius 2 is 2.10 bits per heavy atom. The Hall–Kier alpha value is -1.10. The summed E-state index contributed by atoms with van der Waals surface area (Å²) in [6, 6.07) is 0.552. The number of likely N-dealkylation sites (tertiary alicyclic amines) is 1. The summed E-state index contributed by atoms with van der Waals surface area (Å²) in [5.74, 6) is 1.49. The van der Waals surface area contributed by atoms with Crippen LogP contribution in [0.4, 0.5) is 0 Å². The second-order valence-corrected chi connectivity index (χ2v) is 7.20. The third-order valence-corrected chi connectivity index (χ3v) is 5.66. The van der Waals surface area contributed by atoms with Gasteiger partial charge in [0, 0.05) is 37.5 Å². The number of nitrogens with one attached hydrogen (secondary N) is 1.